The molecule has 0 rings (SSSR count). The minimum Gasteiger partial charge on any atom is -0.179 e. The summed E-state index contributed by atoms with van der Waals surface area (Å²) >= 11 is 15.6. The predicted octanol–water partition coefficient (Wildman–Crippen LogP) is 2.08. The molecule has 0 nitrogen and oxygen atoms in total. The zero-order valence-corrected chi connectivity index (χ0v) is 9.07. The first-order valence-corrected chi connectivity index (χ1v) is 5.11. The zero-order chi connectivity index (χ0) is 7.70. The molecule has 0 aliphatic carbocycles. The second-order valence-corrected chi connectivity index (χ2v) is 3.62. The van der Waals surface area contributed by atoms with Gasteiger partial charge in [-0.2, -0.15) is 50.5 Å². The van der Waals surface area contributed by atoms with Crippen molar-refractivity contribution in [1.29, 1.82) is 0 Å². The van der Waals surface area contributed by atoms with Gasteiger partial charge >= 0.3 is 0 Å². The lowest BCUT2D eigenvalue weighted by Crippen LogP contribution is -1.88. The highest BCUT2D eigenvalue weighted by molar-refractivity contribution is 7.84. The molecule has 0 fully saturated rings. The van der Waals surface area contributed by atoms with E-state index in [2.05, 4.69) is 50.5 Å². The molecule has 0 aliphatic rings. The average molecular weight is 202 g/mol. The third-order valence-electron chi connectivity index (χ3n) is 0.364. The number of thiol groups is 4. The van der Waals surface area contributed by atoms with Crippen LogP contribution >= 0.6 is 50.5 Å². The van der Waals surface area contributed by atoms with Crippen molar-refractivity contribution in [2.24, 2.45) is 0 Å². The third kappa shape index (κ3) is 26.6. The van der Waals surface area contributed by atoms with E-state index < -0.39 is 0 Å². The standard InChI is InChI=1S/C3H8S2.C2H6S2/c1-3(5)2-4;3-1-2-4/h3-5H,2H2,1H3;3-4H,1-2H2. The van der Waals surface area contributed by atoms with Crippen LogP contribution in [0.5, 0.6) is 0 Å². The van der Waals surface area contributed by atoms with Gasteiger partial charge in [-0.3, -0.25) is 0 Å². The van der Waals surface area contributed by atoms with Crippen molar-refractivity contribution in [3.63, 3.8) is 0 Å². The molecule has 1 atom stereocenters. The van der Waals surface area contributed by atoms with Gasteiger partial charge in [0.2, 0.25) is 0 Å². The molecule has 0 amide bonds. The molecule has 0 aromatic rings. The van der Waals surface area contributed by atoms with Crippen molar-refractivity contribution in [3.8, 4) is 0 Å². The molecular weight excluding hydrogens is 188 g/mol. The maximum atomic E-state index is 4.02. The van der Waals surface area contributed by atoms with E-state index in [4.69, 9.17) is 0 Å². The molecule has 0 spiro atoms. The summed E-state index contributed by atoms with van der Waals surface area (Å²) in [7, 11) is 0. The Morgan fingerprint density at radius 1 is 1.11 bits per heavy atom. The van der Waals surface area contributed by atoms with Gasteiger partial charge < -0.3 is 0 Å². The Hall–Kier alpha value is 1.40. The molecule has 0 aromatic carbocycles. The Morgan fingerprint density at radius 2 is 1.33 bits per heavy atom. The van der Waals surface area contributed by atoms with Crippen LogP contribution in [0.3, 0.4) is 0 Å². The molecule has 1 unspecified atom stereocenters. The molecule has 4 heteroatoms. The summed E-state index contributed by atoms with van der Waals surface area (Å²) in [5.41, 5.74) is 0. The lowest BCUT2D eigenvalue weighted by Gasteiger charge is -1.89. The molecule has 0 saturated heterocycles. The fourth-order valence-electron chi connectivity index (χ4n) is 0. The van der Waals surface area contributed by atoms with E-state index >= 15 is 0 Å². The van der Waals surface area contributed by atoms with Crippen LogP contribution < -0.4 is 0 Å². The van der Waals surface area contributed by atoms with Crippen LogP contribution in [0, 0.1) is 0 Å². The van der Waals surface area contributed by atoms with E-state index in [0.29, 0.717) is 5.25 Å². The highest BCUT2D eigenvalue weighted by Gasteiger charge is 1.81. The van der Waals surface area contributed by atoms with Crippen LogP contribution in [0.15, 0.2) is 0 Å². The summed E-state index contributed by atoms with van der Waals surface area (Å²) in [6, 6.07) is 0. The summed E-state index contributed by atoms with van der Waals surface area (Å²) in [6.45, 7) is 2.01. The lowest BCUT2D eigenvalue weighted by atomic mass is 10.6. The smallest absolute Gasteiger partial charge is 0.00766 e. The number of hydrogen-bond donors (Lipinski definition) is 4. The van der Waals surface area contributed by atoms with E-state index in [1.54, 1.807) is 0 Å². The van der Waals surface area contributed by atoms with Crippen LogP contribution in [0.1, 0.15) is 6.92 Å². The van der Waals surface area contributed by atoms with Crippen molar-refractivity contribution >= 4 is 50.5 Å². The van der Waals surface area contributed by atoms with E-state index in [9.17, 15) is 0 Å². The minimum absolute atomic E-state index is 0.443. The first-order valence-electron chi connectivity index (χ1n) is 2.69. The molecule has 0 aliphatic heterocycles. The third-order valence-corrected chi connectivity index (χ3v) is 2.18. The van der Waals surface area contributed by atoms with Gasteiger partial charge in [-0.25, -0.2) is 0 Å². The second kappa shape index (κ2) is 12.1. The lowest BCUT2D eigenvalue weighted by molar-refractivity contribution is 1.15. The summed E-state index contributed by atoms with van der Waals surface area (Å²) in [6.07, 6.45) is 0. The maximum absolute atomic E-state index is 4.02. The first kappa shape index (κ1) is 13.0. The van der Waals surface area contributed by atoms with Crippen molar-refractivity contribution in [2.75, 3.05) is 17.3 Å². The quantitative estimate of drug-likeness (QED) is 0.484. The van der Waals surface area contributed by atoms with Gasteiger partial charge in [0, 0.05) is 11.0 Å². The molecular formula is C5H14S4. The molecule has 0 N–H and O–H groups in total. The summed E-state index contributed by atoms with van der Waals surface area (Å²) in [4.78, 5) is 0. The van der Waals surface area contributed by atoms with Crippen LogP contribution in [0.25, 0.3) is 0 Å². The molecule has 0 radical (unpaired) electrons. The van der Waals surface area contributed by atoms with E-state index in [1.807, 2.05) is 6.92 Å². The summed E-state index contributed by atoms with van der Waals surface area (Å²) in [5.74, 6) is 2.62. The van der Waals surface area contributed by atoms with Crippen LogP contribution in [0.4, 0.5) is 0 Å². The van der Waals surface area contributed by atoms with Crippen LogP contribution in [-0.4, -0.2) is 22.5 Å². The van der Waals surface area contributed by atoms with Gasteiger partial charge in [0.25, 0.3) is 0 Å². The van der Waals surface area contributed by atoms with Gasteiger partial charge in [0.15, 0.2) is 0 Å². The number of rotatable bonds is 2. The Kier molecular flexibility index (Phi) is 17.5. The fraction of sp³-hybridized carbons (Fsp3) is 1.00. The Balaban J connectivity index is 0. The van der Waals surface area contributed by atoms with E-state index in [0.717, 1.165) is 17.3 Å². The Bertz CT molecular complexity index is 35.9. The van der Waals surface area contributed by atoms with Crippen molar-refractivity contribution in [1.82, 2.24) is 0 Å². The first-order chi connectivity index (χ1) is 4.18. The Labute approximate surface area is 79.8 Å². The summed E-state index contributed by atoms with van der Waals surface area (Å²) in [5, 5.41) is 0.443. The molecule has 0 heterocycles. The van der Waals surface area contributed by atoms with Crippen molar-refractivity contribution in [2.45, 2.75) is 12.2 Å². The van der Waals surface area contributed by atoms with Crippen LogP contribution in [-0.2, 0) is 0 Å². The molecule has 0 aromatic heterocycles. The van der Waals surface area contributed by atoms with Crippen molar-refractivity contribution in [3.05, 3.63) is 0 Å². The van der Waals surface area contributed by atoms with Gasteiger partial charge in [0.05, 0.1) is 0 Å². The molecule has 58 valence electrons. The predicted molar refractivity (Wildman–Crippen MR) is 60.0 cm³/mol. The van der Waals surface area contributed by atoms with E-state index in [-0.39, 0.29) is 0 Å². The SMILES string of the molecule is CC(S)CS.SCCS. The summed E-state index contributed by atoms with van der Waals surface area (Å²) < 4.78 is 0. The van der Waals surface area contributed by atoms with Crippen molar-refractivity contribution < 1.29 is 0 Å². The monoisotopic (exact) mass is 202 g/mol. The topological polar surface area (TPSA) is 0 Å². The molecule has 0 bridgehead atoms. The largest absolute Gasteiger partial charge is 0.179 e. The fourth-order valence-corrected chi connectivity index (χ4v) is 0. The minimum atomic E-state index is 0.443. The highest BCUT2D eigenvalue weighted by Crippen LogP contribution is 1.91. The zero-order valence-electron chi connectivity index (χ0n) is 5.49. The van der Waals surface area contributed by atoms with Crippen LogP contribution in [0.2, 0.25) is 0 Å². The van der Waals surface area contributed by atoms with Gasteiger partial charge in [-0.05, 0) is 11.5 Å². The molecule has 9 heavy (non-hydrogen) atoms. The average Bonchev–Trinajstić information content (AvgIpc) is 1.89. The second-order valence-electron chi connectivity index (χ2n) is 1.48. The number of hydrogen-bond acceptors (Lipinski definition) is 4. The maximum Gasteiger partial charge on any atom is 0.00766 e. The van der Waals surface area contributed by atoms with Gasteiger partial charge in [-0.15, -0.1) is 0 Å². The molecule has 0 saturated carbocycles. The van der Waals surface area contributed by atoms with E-state index in [1.165, 1.54) is 0 Å². The van der Waals surface area contributed by atoms with Gasteiger partial charge in [-0.1, -0.05) is 6.92 Å². The normalized spacial score (nSPS) is 11.7. The Morgan fingerprint density at radius 3 is 1.33 bits per heavy atom. The highest BCUT2D eigenvalue weighted by atomic mass is 32.1. The van der Waals surface area contributed by atoms with Gasteiger partial charge in [0.1, 0.15) is 0 Å².